The first-order chi connectivity index (χ1) is 11.2. The highest BCUT2D eigenvalue weighted by Crippen LogP contribution is 2.41. The van der Waals surface area contributed by atoms with Crippen molar-refractivity contribution >= 4 is 11.7 Å². The summed E-state index contributed by atoms with van der Waals surface area (Å²) >= 11 is 0. The number of hydrogen-bond acceptors (Lipinski definition) is 3. The molecule has 2 aromatic rings. The van der Waals surface area contributed by atoms with E-state index >= 15 is 0 Å². The summed E-state index contributed by atoms with van der Waals surface area (Å²) in [7, 11) is 0. The molecule has 0 unspecified atom stereocenters. The molecule has 1 aromatic heterocycles. The number of nitrogens with zero attached hydrogens (tertiary/aromatic N) is 2. The van der Waals surface area contributed by atoms with E-state index in [1.165, 1.54) is 12.8 Å². The van der Waals surface area contributed by atoms with E-state index in [1.807, 2.05) is 43.3 Å². The largest absolute Gasteiger partial charge is 0.377 e. The van der Waals surface area contributed by atoms with Crippen molar-refractivity contribution in [2.45, 2.75) is 32.3 Å². The molecule has 1 aliphatic heterocycles. The van der Waals surface area contributed by atoms with Crippen LogP contribution in [0, 0.1) is 18.8 Å². The summed E-state index contributed by atoms with van der Waals surface area (Å²) in [6, 6.07) is 11.8. The highest BCUT2D eigenvalue weighted by molar-refractivity contribution is 5.92. The third-order valence-corrected chi connectivity index (χ3v) is 4.64. The van der Waals surface area contributed by atoms with Gasteiger partial charge in [-0.1, -0.05) is 18.2 Å². The lowest BCUT2D eigenvalue weighted by Gasteiger charge is -2.18. The number of ether oxygens (including phenoxy) is 1. The summed E-state index contributed by atoms with van der Waals surface area (Å²) in [4.78, 5) is 12.7. The van der Waals surface area contributed by atoms with Crippen molar-refractivity contribution in [3.05, 3.63) is 42.1 Å². The SMILES string of the molecule is Cc1cc(NC(=O)[C@@H]2CCO[C@H]2C2CC2)n(-c2ccccc2)n1. The Morgan fingerprint density at radius 1 is 1.26 bits per heavy atom. The van der Waals surface area contributed by atoms with E-state index < -0.39 is 0 Å². The molecule has 23 heavy (non-hydrogen) atoms. The van der Waals surface area contributed by atoms with Crippen molar-refractivity contribution in [3.63, 3.8) is 0 Å². The third kappa shape index (κ3) is 2.88. The van der Waals surface area contributed by atoms with Crippen LogP contribution in [0.3, 0.4) is 0 Å². The first kappa shape index (κ1) is 14.5. The van der Waals surface area contributed by atoms with Crippen LogP contribution in [0.2, 0.25) is 0 Å². The first-order valence-electron chi connectivity index (χ1n) is 8.27. The molecule has 0 bridgehead atoms. The number of benzene rings is 1. The normalized spacial score (nSPS) is 23.9. The summed E-state index contributed by atoms with van der Waals surface area (Å²) < 4.78 is 7.57. The quantitative estimate of drug-likeness (QED) is 0.944. The molecule has 0 radical (unpaired) electrons. The topological polar surface area (TPSA) is 56.1 Å². The second-order valence-electron chi connectivity index (χ2n) is 6.48. The van der Waals surface area contributed by atoms with Crippen molar-refractivity contribution in [3.8, 4) is 5.69 Å². The van der Waals surface area contributed by atoms with Gasteiger partial charge >= 0.3 is 0 Å². The van der Waals surface area contributed by atoms with Crippen LogP contribution in [0.4, 0.5) is 5.82 Å². The van der Waals surface area contributed by atoms with Gasteiger partial charge in [-0.3, -0.25) is 4.79 Å². The van der Waals surface area contributed by atoms with Crippen molar-refractivity contribution < 1.29 is 9.53 Å². The summed E-state index contributed by atoms with van der Waals surface area (Å²) in [5, 5.41) is 7.56. The van der Waals surface area contributed by atoms with Gasteiger partial charge in [-0.15, -0.1) is 0 Å². The zero-order valence-electron chi connectivity index (χ0n) is 13.2. The van der Waals surface area contributed by atoms with Crippen LogP contribution in [0.5, 0.6) is 0 Å². The molecule has 1 amide bonds. The molecule has 5 nitrogen and oxygen atoms in total. The number of aromatic nitrogens is 2. The van der Waals surface area contributed by atoms with Gasteiger partial charge in [0.25, 0.3) is 0 Å². The maximum atomic E-state index is 12.7. The average molecular weight is 311 g/mol. The minimum atomic E-state index is -0.0399. The van der Waals surface area contributed by atoms with Crippen LogP contribution in [0.1, 0.15) is 25.0 Å². The number of rotatable bonds is 4. The smallest absolute Gasteiger partial charge is 0.231 e. The van der Waals surface area contributed by atoms with Gasteiger partial charge in [0.15, 0.2) is 0 Å². The van der Waals surface area contributed by atoms with Crippen LogP contribution in [-0.2, 0) is 9.53 Å². The zero-order chi connectivity index (χ0) is 15.8. The van der Waals surface area contributed by atoms with Gasteiger partial charge in [-0.2, -0.15) is 5.10 Å². The van der Waals surface area contributed by atoms with Gasteiger partial charge in [0, 0.05) is 12.7 Å². The molecule has 2 fully saturated rings. The number of aryl methyl sites for hydroxylation is 1. The molecule has 1 saturated heterocycles. The van der Waals surface area contributed by atoms with Crippen LogP contribution < -0.4 is 5.32 Å². The minimum Gasteiger partial charge on any atom is -0.377 e. The second kappa shape index (κ2) is 5.81. The number of anilines is 1. The number of carbonyl (C=O) groups is 1. The lowest BCUT2D eigenvalue weighted by Crippen LogP contribution is -2.31. The molecule has 1 aliphatic carbocycles. The number of nitrogens with one attached hydrogen (secondary N) is 1. The fourth-order valence-corrected chi connectivity index (χ4v) is 3.35. The van der Waals surface area contributed by atoms with E-state index in [1.54, 1.807) is 4.68 Å². The summed E-state index contributed by atoms with van der Waals surface area (Å²) in [6.45, 7) is 2.62. The van der Waals surface area contributed by atoms with E-state index in [4.69, 9.17) is 4.74 Å². The highest BCUT2D eigenvalue weighted by Gasteiger charge is 2.43. The molecule has 1 saturated carbocycles. The van der Waals surface area contributed by atoms with E-state index in [-0.39, 0.29) is 17.9 Å². The lowest BCUT2D eigenvalue weighted by atomic mass is 9.97. The van der Waals surface area contributed by atoms with Crippen LogP contribution >= 0.6 is 0 Å². The van der Waals surface area contributed by atoms with Gasteiger partial charge in [-0.05, 0) is 44.2 Å². The number of carbonyl (C=O) groups excluding carboxylic acids is 1. The average Bonchev–Trinajstić information content (AvgIpc) is 3.16. The Morgan fingerprint density at radius 3 is 2.78 bits per heavy atom. The Morgan fingerprint density at radius 2 is 2.04 bits per heavy atom. The second-order valence-corrected chi connectivity index (χ2v) is 6.48. The van der Waals surface area contributed by atoms with E-state index in [0.29, 0.717) is 12.5 Å². The summed E-state index contributed by atoms with van der Waals surface area (Å²) in [5.74, 6) is 1.31. The fraction of sp³-hybridized carbons (Fsp3) is 0.444. The molecule has 4 rings (SSSR count). The van der Waals surface area contributed by atoms with Gasteiger partial charge in [0.1, 0.15) is 5.82 Å². The Bertz CT molecular complexity index is 706. The summed E-state index contributed by atoms with van der Waals surface area (Å²) in [5.41, 5.74) is 1.82. The molecular weight excluding hydrogens is 290 g/mol. The Labute approximate surface area is 135 Å². The molecule has 2 aliphatic rings. The molecule has 5 heteroatoms. The Balaban J connectivity index is 1.56. The van der Waals surface area contributed by atoms with Crippen molar-refractivity contribution in [2.24, 2.45) is 11.8 Å². The molecule has 2 atom stereocenters. The van der Waals surface area contributed by atoms with Crippen LogP contribution in [0.15, 0.2) is 36.4 Å². The number of hydrogen-bond donors (Lipinski definition) is 1. The molecular formula is C18H21N3O2. The fourth-order valence-electron chi connectivity index (χ4n) is 3.35. The third-order valence-electron chi connectivity index (χ3n) is 4.64. The first-order valence-corrected chi connectivity index (χ1v) is 8.27. The predicted octanol–water partition coefficient (Wildman–Crippen LogP) is 2.93. The summed E-state index contributed by atoms with van der Waals surface area (Å²) in [6.07, 6.45) is 3.29. The van der Waals surface area contributed by atoms with E-state index in [0.717, 1.165) is 23.6 Å². The van der Waals surface area contributed by atoms with Gasteiger partial charge in [0.2, 0.25) is 5.91 Å². The van der Waals surface area contributed by atoms with Crippen LogP contribution in [0.25, 0.3) is 5.69 Å². The lowest BCUT2D eigenvalue weighted by molar-refractivity contribution is -0.121. The highest BCUT2D eigenvalue weighted by atomic mass is 16.5. The molecule has 0 spiro atoms. The van der Waals surface area contributed by atoms with Gasteiger partial charge in [0.05, 0.1) is 23.4 Å². The molecule has 1 aromatic carbocycles. The van der Waals surface area contributed by atoms with Crippen molar-refractivity contribution in [1.82, 2.24) is 9.78 Å². The maximum Gasteiger partial charge on any atom is 0.231 e. The Kier molecular flexibility index (Phi) is 3.65. The van der Waals surface area contributed by atoms with Gasteiger partial charge < -0.3 is 10.1 Å². The van der Waals surface area contributed by atoms with Crippen LogP contribution in [-0.4, -0.2) is 28.4 Å². The monoisotopic (exact) mass is 311 g/mol. The van der Waals surface area contributed by atoms with E-state index in [2.05, 4.69) is 10.4 Å². The standard InChI is InChI=1S/C18H21N3O2/c1-12-11-16(21(20-12)14-5-3-2-4-6-14)19-18(22)15-9-10-23-17(15)13-7-8-13/h2-6,11,13,15,17H,7-10H2,1H3,(H,19,22)/t15-,17+/m1/s1. The molecule has 1 N–H and O–H groups in total. The zero-order valence-corrected chi connectivity index (χ0v) is 13.2. The van der Waals surface area contributed by atoms with Gasteiger partial charge in [-0.25, -0.2) is 4.68 Å². The minimum absolute atomic E-state index is 0.0399. The molecule has 120 valence electrons. The van der Waals surface area contributed by atoms with Crippen molar-refractivity contribution in [1.29, 1.82) is 0 Å². The number of para-hydroxylation sites is 1. The number of amides is 1. The maximum absolute atomic E-state index is 12.7. The van der Waals surface area contributed by atoms with Crippen molar-refractivity contribution in [2.75, 3.05) is 11.9 Å². The predicted molar refractivity (Wildman–Crippen MR) is 87.5 cm³/mol. The Hall–Kier alpha value is -2.14. The van der Waals surface area contributed by atoms with E-state index in [9.17, 15) is 4.79 Å². The molecule has 2 heterocycles.